The van der Waals surface area contributed by atoms with Gasteiger partial charge in [-0.15, -0.1) is 11.8 Å². The van der Waals surface area contributed by atoms with Crippen molar-refractivity contribution in [2.45, 2.75) is 12.2 Å². The smallest absolute Gasteiger partial charge is 0.236 e. The fourth-order valence-electron chi connectivity index (χ4n) is 2.55. The van der Waals surface area contributed by atoms with E-state index in [1.54, 1.807) is 7.11 Å². The number of ether oxygens (including phenoxy) is 1. The molecule has 0 aliphatic carbocycles. The Morgan fingerprint density at radius 2 is 1.93 bits per heavy atom. The van der Waals surface area contributed by atoms with Crippen molar-refractivity contribution in [3.8, 4) is 17.1 Å². The Labute approximate surface area is 162 Å². The van der Waals surface area contributed by atoms with E-state index in [0.29, 0.717) is 29.8 Å². The second kappa shape index (κ2) is 9.78. The number of nitrogens with zero attached hydrogens (tertiary/aromatic N) is 2. The zero-order valence-corrected chi connectivity index (χ0v) is 15.9. The van der Waals surface area contributed by atoms with Crippen LogP contribution in [0, 0.1) is 0 Å². The molecule has 2 aromatic carbocycles. The van der Waals surface area contributed by atoms with Gasteiger partial charge in [0.2, 0.25) is 17.6 Å². The maximum absolute atomic E-state index is 12.0. The molecule has 1 aromatic heterocycles. The van der Waals surface area contributed by atoms with Gasteiger partial charge in [-0.25, -0.2) is 0 Å². The van der Waals surface area contributed by atoms with E-state index in [1.807, 2.05) is 54.6 Å². The van der Waals surface area contributed by atoms with Crippen molar-refractivity contribution < 1.29 is 14.1 Å². The standard InChI is InChI=1S/C20H21N3O3S/c1-25-17-10-6-5-7-15(17)11-12-21-18(24)13-27-14-19-22-20(23-26-19)16-8-3-2-4-9-16/h2-10H,11-14H2,1H3,(H,21,24). The molecule has 7 heteroatoms. The largest absolute Gasteiger partial charge is 0.496 e. The summed E-state index contributed by atoms with van der Waals surface area (Å²) in [6.45, 7) is 0.568. The number of carbonyl (C=O) groups excluding carboxylic acids is 1. The molecule has 27 heavy (non-hydrogen) atoms. The summed E-state index contributed by atoms with van der Waals surface area (Å²) in [4.78, 5) is 16.3. The quantitative estimate of drug-likeness (QED) is 0.611. The molecule has 0 unspecified atom stereocenters. The number of benzene rings is 2. The van der Waals surface area contributed by atoms with Gasteiger partial charge in [-0.1, -0.05) is 53.7 Å². The molecule has 0 atom stereocenters. The monoisotopic (exact) mass is 383 g/mol. The first kappa shape index (κ1) is 19.0. The number of rotatable bonds is 9. The number of hydrogen-bond acceptors (Lipinski definition) is 6. The van der Waals surface area contributed by atoms with Gasteiger partial charge in [0, 0.05) is 12.1 Å². The van der Waals surface area contributed by atoms with Crippen LogP contribution in [-0.2, 0) is 17.0 Å². The van der Waals surface area contributed by atoms with Crippen molar-refractivity contribution in [2.24, 2.45) is 0 Å². The van der Waals surface area contributed by atoms with Crippen LogP contribution in [0.25, 0.3) is 11.4 Å². The molecule has 1 N–H and O–H groups in total. The SMILES string of the molecule is COc1ccccc1CCNC(=O)CSCc1nc(-c2ccccc2)no1. The molecule has 3 aromatic rings. The van der Waals surface area contributed by atoms with E-state index < -0.39 is 0 Å². The lowest BCUT2D eigenvalue weighted by molar-refractivity contribution is -0.118. The van der Waals surface area contributed by atoms with Gasteiger partial charge in [0.25, 0.3) is 0 Å². The third-order valence-electron chi connectivity index (χ3n) is 3.87. The Hall–Kier alpha value is -2.80. The van der Waals surface area contributed by atoms with Gasteiger partial charge in [-0.2, -0.15) is 4.98 Å². The average molecular weight is 383 g/mol. The van der Waals surface area contributed by atoms with Crippen LogP contribution in [0.4, 0.5) is 0 Å². The van der Waals surface area contributed by atoms with E-state index in [0.717, 1.165) is 23.3 Å². The van der Waals surface area contributed by atoms with Crippen LogP contribution in [0.15, 0.2) is 59.1 Å². The van der Waals surface area contributed by atoms with E-state index in [2.05, 4.69) is 15.5 Å². The summed E-state index contributed by atoms with van der Waals surface area (Å²) in [5.41, 5.74) is 1.99. The second-order valence-electron chi connectivity index (χ2n) is 5.78. The molecule has 0 saturated heterocycles. The molecule has 0 radical (unpaired) electrons. The number of thioether (sulfide) groups is 1. The van der Waals surface area contributed by atoms with Crippen molar-refractivity contribution in [1.29, 1.82) is 0 Å². The number of aromatic nitrogens is 2. The highest BCUT2D eigenvalue weighted by Crippen LogP contribution is 2.18. The molecular formula is C20H21N3O3S. The predicted molar refractivity (Wildman–Crippen MR) is 106 cm³/mol. The highest BCUT2D eigenvalue weighted by Gasteiger charge is 2.10. The highest BCUT2D eigenvalue weighted by molar-refractivity contribution is 7.99. The molecule has 6 nitrogen and oxygen atoms in total. The van der Waals surface area contributed by atoms with Gasteiger partial charge >= 0.3 is 0 Å². The Balaban J connectivity index is 1.38. The number of nitrogens with one attached hydrogen (secondary N) is 1. The molecule has 0 saturated carbocycles. The summed E-state index contributed by atoms with van der Waals surface area (Å²) in [7, 11) is 1.65. The van der Waals surface area contributed by atoms with Crippen LogP contribution in [0.5, 0.6) is 5.75 Å². The summed E-state index contributed by atoms with van der Waals surface area (Å²) < 4.78 is 10.5. The van der Waals surface area contributed by atoms with Crippen molar-refractivity contribution in [2.75, 3.05) is 19.4 Å². The van der Waals surface area contributed by atoms with E-state index in [4.69, 9.17) is 9.26 Å². The first-order valence-electron chi connectivity index (χ1n) is 8.60. The molecule has 1 amide bonds. The molecule has 0 spiro atoms. The Morgan fingerprint density at radius 3 is 2.74 bits per heavy atom. The molecule has 3 rings (SSSR count). The highest BCUT2D eigenvalue weighted by atomic mass is 32.2. The Morgan fingerprint density at radius 1 is 1.15 bits per heavy atom. The van der Waals surface area contributed by atoms with Crippen LogP contribution < -0.4 is 10.1 Å². The van der Waals surface area contributed by atoms with Crippen LogP contribution in [-0.4, -0.2) is 35.5 Å². The lowest BCUT2D eigenvalue weighted by Crippen LogP contribution is -2.27. The van der Waals surface area contributed by atoms with E-state index in [-0.39, 0.29) is 5.91 Å². The first-order chi connectivity index (χ1) is 13.3. The first-order valence-corrected chi connectivity index (χ1v) is 9.76. The molecule has 0 aliphatic rings. The Kier molecular flexibility index (Phi) is 6.87. The number of amides is 1. The average Bonchev–Trinajstić information content (AvgIpc) is 3.18. The van der Waals surface area contributed by atoms with Crippen LogP contribution >= 0.6 is 11.8 Å². The van der Waals surface area contributed by atoms with E-state index >= 15 is 0 Å². The van der Waals surface area contributed by atoms with Crippen molar-refractivity contribution in [1.82, 2.24) is 15.5 Å². The van der Waals surface area contributed by atoms with Gasteiger partial charge in [0.1, 0.15) is 5.75 Å². The summed E-state index contributed by atoms with van der Waals surface area (Å²) in [6.07, 6.45) is 0.727. The Bertz CT molecular complexity index is 868. The fourth-order valence-corrected chi connectivity index (χ4v) is 3.23. The normalized spacial score (nSPS) is 10.6. The fraction of sp³-hybridized carbons (Fsp3) is 0.250. The maximum Gasteiger partial charge on any atom is 0.236 e. The van der Waals surface area contributed by atoms with Gasteiger partial charge in [0.05, 0.1) is 18.6 Å². The third kappa shape index (κ3) is 5.59. The summed E-state index contributed by atoms with van der Waals surface area (Å²) in [5.74, 6) is 2.74. The second-order valence-corrected chi connectivity index (χ2v) is 6.77. The maximum atomic E-state index is 12.0. The van der Waals surface area contributed by atoms with Crippen molar-refractivity contribution >= 4 is 17.7 Å². The minimum atomic E-state index is -0.0160. The molecule has 0 fully saturated rings. The third-order valence-corrected chi connectivity index (χ3v) is 4.79. The number of hydrogen-bond donors (Lipinski definition) is 1. The van der Waals surface area contributed by atoms with E-state index in [1.165, 1.54) is 11.8 Å². The van der Waals surface area contributed by atoms with Gasteiger partial charge < -0.3 is 14.6 Å². The molecule has 0 aliphatic heterocycles. The minimum Gasteiger partial charge on any atom is -0.496 e. The van der Waals surface area contributed by atoms with Gasteiger partial charge in [-0.05, 0) is 18.1 Å². The van der Waals surface area contributed by atoms with Gasteiger partial charge in [0.15, 0.2) is 0 Å². The van der Waals surface area contributed by atoms with Crippen molar-refractivity contribution in [3.63, 3.8) is 0 Å². The topological polar surface area (TPSA) is 77.2 Å². The van der Waals surface area contributed by atoms with Crippen LogP contribution in [0.2, 0.25) is 0 Å². The number of methoxy groups -OCH3 is 1. The van der Waals surface area contributed by atoms with E-state index in [9.17, 15) is 4.79 Å². The molecule has 1 heterocycles. The minimum absolute atomic E-state index is 0.0160. The zero-order valence-electron chi connectivity index (χ0n) is 15.1. The van der Waals surface area contributed by atoms with Gasteiger partial charge in [-0.3, -0.25) is 4.79 Å². The molecule has 140 valence electrons. The van der Waals surface area contributed by atoms with Crippen LogP contribution in [0.3, 0.4) is 0 Å². The zero-order chi connectivity index (χ0) is 18.9. The van der Waals surface area contributed by atoms with Crippen molar-refractivity contribution in [3.05, 3.63) is 66.1 Å². The molecular weight excluding hydrogens is 362 g/mol. The lowest BCUT2D eigenvalue weighted by Gasteiger charge is -2.08. The summed E-state index contributed by atoms with van der Waals surface area (Å²) in [6, 6.07) is 17.5. The number of para-hydroxylation sites is 1. The summed E-state index contributed by atoms with van der Waals surface area (Å²) >= 11 is 1.44. The van der Waals surface area contributed by atoms with Crippen LogP contribution in [0.1, 0.15) is 11.5 Å². The summed E-state index contributed by atoms with van der Waals surface area (Å²) in [5, 5.41) is 6.89. The lowest BCUT2D eigenvalue weighted by atomic mass is 10.1. The molecule has 0 bridgehead atoms. The number of carbonyl (C=O) groups is 1. The predicted octanol–water partition coefficient (Wildman–Crippen LogP) is 3.34.